The lowest BCUT2D eigenvalue weighted by Crippen LogP contribution is -2.31. The van der Waals surface area contributed by atoms with Crippen molar-refractivity contribution in [3.63, 3.8) is 0 Å². The first kappa shape index (κ1) is 12.9. The van der Waals surface area contributed by atoms with Gasteiger partial charge in [-0.15, -0.1) is 0 Å². The number of rotatable bonds is 5. The van der Waals surface area contributed by atoms with Crippen LogP contribution in [-0.2, 0) is 11.2 Å². The molecule has 86 valence electrons. The van der Waals surface area contributed by atoms with Crippen LogP contribution in [0.5, 0.6) is 0 Å². The van der Waals surface area contributed by atoms with Gasteiger partial charge < -0.3 is 4.79 Å². The van der Waals surface area contributed by atoms with E-state index in [4.69, 9.17) is 0 Å². The Balaban J connectivity index is 2.37. The zero-order valence-electron chi connectivity index (χ0n) is 10.4. The number of benzene rings is 1. The molecule has 2 heteroatoms. The van der Waals surface area contributed by atoms with Crippen LogP contribution in [0.1, 0.15) is 12.0 Å². The molecule has 0 heterocycles. The van der Waals surface area contributed by atoms with Crippen molar-refractivity contribution in [2.24, 2.45) is 0 Å². The van der Waals surface area contributed by atoms with Crippen LogP contribution >= 0.6 is 0 Å². The second-order valence-corrected chi connectivity index (χ2v) is 10.0. The van der Waals surface area contributed by atoms with Gasteiger partial charge in [0.05, 0.1) is 0 Å². The van der Waals surface area contributed by atoms with E-state index in [0.29, 0.717) is 5.41 Å². The third-order valence-electron chi connectivity index (χ3n) is 2.45. The van der Waals surface area contributed by atoms with Crippen LogP contribution in [0.2, 0.25) is 19.6 Å². The van der Waals surface area contributed by atoms with E-state index in [-0.39, 0.29) is 0 Å². The number of hydrogen-bond donors (Lipinski definition) is 0. The molecule has 1 aromatic carbocycles. The Morgan fingerprint density at radius 1 is 1.19 bits per heavy atom. The predicted octanol–water partition coefficient (Wildman–Crippen LogP) is 3.62. The van der Waals surface area contributed by atoms with Crippen LogP contribution in [0, 0.1) is 0 Å². The van der Waals surface area contributed by atoms with Crippen molar-refractivity contribution in [3.05, 3.63) is 48.0 Å². The normalized spacial score (nSPS) is 11.9. The summed E-state index contributed by atoms with van der Waals surface area (Å²) in [6.45, 7) is 6.24. The number of allylic oxidation sites excluding steroid dienone is 2. The molecule has 0 bridgehead atoms. The number of carbonyl (C=O) groups is 1. The van der Waals surface area contributed by atoms with Crippen molar-refractivity contribution in [1.82, 2.24) is 0 Å². The molecule has 0 spiro atoms. The van der Waals surface area contributed by atoms with Gasteiger partial charge in [-0.1, -0.05) is 56.0 Å². The highest BCUT2D eigenvalue weighted by atomic mass is 28.3. The molecule has 0 unspecified atom stereocenters. The molecule has 0 radical (unpaired) electrons. The Labute approximate surface area is 99.2 Å². The van der Waals surface area contributed by atoms with E-state index in [1.165, 1.54) is 5.56 Å². The van der Waals surface area contributed by atoms with Crippen molar-refractivity contribution in [3.8, 4) is 0 Å². The molecule has 0 saturated carbocycles. The van der Waals surface area contributed by atoms with E-state index in [2.05, 4.69) is 31.8 Å². The second kappa shape index (κ2) is 5.80. The molecule has 0 aliphatic heterocycles. The van der Waals surface area contributed by atoms with Gasteiger partial charge in [-0.3, -0.25) is 0 Å². The fourth-order valence-corrected chi connectivity index (χ4v) is 1.95. The van der Waals surface area contributed by atoms with Crippen molar-refractivity contribution >= 4 is 13.5 Å². The summed E-state index contributed by atoms with van der Waals surface area (Å²) >= 11 is 0. The summed E-state index contributed by atoms with van der Waals surface area (Å²) < 4.78 is 0. The smallest absolute Gasteiger partial charge is 0.132 e. The molecule has 0 atom stereocenters. The van der Waals surface area contributed by atoms with Crippen LogP contribution in [0.3, 0.4) is 0 Å². The van der Waals surface area contributed by atoms with Gasteiger partial charge in [0, 0.05) is 0 Å². The number of carbonyl (C=O) groups excluding carboxylic acids is 1. The van der Waals surface area contributed by atoms with Gasteiger partial charge in [0.1, 0.15) is 13.5 Å². The minimum Gasteiger partial charge on any atom is -0.301 e. The van der Waals surface area contributed by atoms with Crippen molar-refractivity contribution in [2.45, 2.75) is 32.5 Å². The summed E-state index contributed by atoms with van der Waals surface area (Å²) in [4.78, 5) is 11.7. The highest BCUT2D eigenvalue weighted by molar-refractivity contribution is 7.04. The van der Waals surface area contributed by atoms with Gasteiger partial charge in [-0.25, -0.2) is 0 Å². The molecule has 0 aliphatic carbocycles. The molecule has 0 N–H and O–H groups in total. The molecule has 0 aromatic heterocycles. The largest absolute Gasteiger partial charge is 0.301 e. The van der Waals surface area contributed by atoms with Crippen molar-refractivity contribution in [1.29, 1.82) is 0 Å². The van der Waals surface area contributed by atoms with E-state index < -0.39 is 8.07 Å². The highest BCUT2D eigenvalue weighted by Crippen LogP contribution is 2.05. The molecule has 16 heavy (non-hydrogen) atoms. The Kier molecular flexibility index (Phi) is 4.68. The summed E-state index contributed by atoms with van der Waals surface area (Å²) in [6.07, 6.45) is 5.74. The topological polar surface area (TPSA) is 17.1 Å². The molecule has 0 fully saturated rings. The number of hydrogen-bond acceptors (Lipinski definition) is 1. The summed E-state index contributed by atoms with van der Waals surface area (Å²) in [5.74, 6) is 0. The van der Waals surface area contributed by atoms with Crippen LogP contribution in [0.15, 0.2) is 42.5 Å². The minimum absolute atomic E-state index is 0.334. The molecular weight excluding hydrogens is 212 g/mol. The Morgan fingerprint density at radius 2 is 1.81 bits per heavy atom. The molecule has 1 aromatic rings. The average Bonchev–Trinajstić information content (AvgIpc) is 2.24. The van der Waals surface area contributed by atoms with Crippen LogP contribution < -0.4 is 0 Å². The fourth-order valence-electron chi connectivity index (χ4n) is 1.34. The van der Waals surface area contributed by atoms with Gasteiger partial charge in [0.15, 0.2) is 0 Å². The van der Waals surface area contributed by atoms with E-state index in [1.807, 2.05) is 24.3 Å². The van der Waals surface area contributed by atoms with Crippen LogP contribution in [-0.4, -0.2) is 13.5 Å². The fraction of sp³-hybridized carbons (Fsp3) is 0.357. The van der Waals surface area contributed by atoms with Crippen LogP contribution in [0.25, 0.3) is 0 Å². The first-order chi connectivity index (χ1) is 7.50. The average molecular weight is 232 g/mol. The maximum atomic E-state index is 11.7. The lowest BCUT2D eigenvalue weighted by Gasteiger charge is -2.09. The summed E-state index contributed by atoms with van der Waals surface area (Å²) in [6, 6.07) is 10.4. The zero-order valence-corrected chi connectivity index (χ0v) is 11.4. The molecule has 0 aliphatic rings. The van der Waals surface area contributed by atoms with E-state index in [0.717, 1.165) is 12.8 Å². The van der Waals surface area contributed by atoms with Crippen molar-refractivity contribution in [2.75, 3.05) is 0 Å². The lowest BCUT2D eigenvalue weighted by molar-refractivity contribution is -0.108. The Morgan fingerprint density at radius 3 is 2.38 bits per heavy atom. The first-order valence-electron chi connectivity index (χ1n) is 5.75. The number of aryl methyl sites for hydroxylation is 1. The second-order valence-electron chi connectivity index (χ2n) is 5.04. The maximum absolute atomic E-state index is 11.7. The molecule has 0 saturated heterocycles. The van der Waals surface area contributed by atoms with E-state index in [1.54, 1.807) is 6.08 Å². The quantitative estimate of drug-likeness (QED) is 0.560. The highest BCUT2D eigenvalue weighted by Gasteiger charge is 2.20. The zero-order chi connectivity index (χ0) is 12.0. The van der Waals surface area contributed by atoms with Gasteiger partial charge in [0.25, 0.3) is 0 Å². The summed E-state index contributed by atoms with van der Waals surface area (Å²) in [5, 5.41) is 0.334. The molecule has 1 rings (SSSR count). The van der Waals surface area contributed by atoms with Gasteiger partial charge >= 0.3 is 0 Å². The van der Waals surface area contributed by atoms with Crippen molar-refractivity contribution < 1.29 is 4.79 Å². The SMILES string of the molecule is C[Si](C)(C)C(=O)/C=C/CCc1ccccc1. The van der Waals surface area contributed by atoms with Gasteiger partial charge in [-0.05, 0) is 24.5 Å². The molecule has 0 amide bonds. The Bertz CT molecular complexity index is 360. The summed E-state index contributed by atoms with van der Waals surface area (Å²) in [5.41, 5.74) is 1.33. The lowest BCUT2D eigenvalue weighted by atomic mass is 10.1. The van der Waals surface area contributed by atoms with Gasteiger partial charge in [0.2, 0.25) is 0 Å². The third-order valence-corrected chi connectivity index (χ3v) is 4.10. The van der Waals surface area contributed by atoms with E-state index in [9.17, 15) is 4.79 Å². The van der Waals surface area contributed by atoms with Gasteiger partial charge in [-0.2, -0.15) is 0 Å². The minimum atomic E-state index is -1.62. The standard InChI is InChI=1S/C14H20OSi/c1-16(2,3)14(15)12-8-7-11-13-9-5-4-6-10-13/h4-6,8-10,12H,7,11H2,1-3H3/b12-8+. The maximum Gasteiger partial charge on any atom is 0.132 e. The molecule has 1 nitrogen and oxygen atoms in total. The monoisotopic (exact) mass is 232 g/mol. The summed E-state index contributed by atoms with van der Waals surface area (Å²) in [7, 11) is -1.62. The predicted molar refractivity (Wildman–Crippen MR) is 72.3 cm³/mol. The molecular formula is C14H20OSi. The van der Waals surface area contributed by atoms with E-state index >= 15 is 0 Å². The van der Waals surface area contributed by atoms with Crippen LogP contribution in [0.4, 0.5) is 0 Å². The third kappa shape index (κ3) is 4.58. The Hall–Kier alpha value is -1.15. The first-order valence-corrected chi connectivity index (χ1v) is 9.25.